The number of unbranched alkanes of at least 4 members (excludes halogenated alkanes) is 15. The number of nitrogens with one attached hydrogen (secondary N) is 1. The van der Waals surface area contributed by atoms with Gasteiger partial charge < -0.3 is 11.5 Å². The summed E-state index contributed by atoms with van der Waals surface area (Å²) in [5.74, 6) is -0.216. The van der Waals surface area contributed by atoms with E-state index in [4.69, 9.17) is 11.5 Å². The highest BCUT2D eigenvalue weighted by Crippen LogP contribution is 2.20. The number of carbonyl (C=O) groups is 2. The highest BCUT2D eigenvalue weighted by Gasteiger charge is 2.29. The van der Waals surface area contributed by atoms with Crippen LogP contribution in [-0.4, -0.2) is 11.8 Å². The lowest BCUT2D eigenvalue weighted by Gasteiger charge is -2.06. The standard InChI is InChI=1S/C28H47N3O2/c29-25-19-23(20-26(30)22-25)17-15-13-11-9-7-5-3-1-2-4-6-8-10-12-14-16-18-24-21-27(32)31-28(24)33/h19-20,22,24H,1-18,21,29-30H2,(H,31,32,33). The molecule has 186 valence electrons. The molecule has 2 amide bonds. The van der Waals surface area contributed by atoms with Gasteiger partial charge >= 0.3 is 0 Å². The van der Waals surface area contributed by atoms with Crippen molar-refractivity contribution in [2.45, 2.75) is 122 Å². The Labute approximate surface area is 201 Å². The summed E-state index contributed by atoms with van der Waals surface area (Å²) in [6, 6.07) is 5.90. The zero-order chi connectivity index (χ0) is 23.7. The molecular formula is C28H47N3O2. The Morgan fingerprint density at radius 3 is 1.48 bits per heavy atom. The molecule has 0 aromatic heterocycles. The molecule has 1 aromatic rings. The normalized spacial score (nSPS) is 15.8. The van der Waals surface area contributed by atoms with Gasteiger partial charge in [-0.3, -0.25) is 14.9 Å². The first kappa shape index (κ1) is 27.2. The van der Waals surface area contributed by atoms with Crippen LogP contribution in [-0.2, 0) is 16.0 Å². The molecule has 0 saturated carbocycles. The van der Waals surface area contributed by atoms with Crippen LogP contribution in [0.3, 0.4) is 0 Å². The summed E-state index contributed by atoms with van der Waals surface area (Å²) in [6.45, 7) is 0. The number of benzene rings is 1. The second kappa shape index (κ2) is 16.6. The van der Waals surface area contributed by atoms with Gasteiger partial charge in [-0.25, -0.2) is 0 Å². The van der Waals surface area contributed by atoms with Gasteiger partial charge in [0.25, 0.3) is 0 Å². The van der Waals surface area contributed by atoms with Crippen molar-refractivity contribution < 1.29 is 9.59 Å². The lowest BCUT2D eigenvalue weighted by atomic mass is 9.98. The lowest BCUT2D eigenvalue weighted by molar-refractivity contribution is -0.125. The molecule has 0 radical (unpaired) electrons. The molecule has 1 atom stereocenters. The molecule has 0 spiro atoms. The summed E-state index contributed by atoms with van der Waals surface area (Å²) in [6.07, 6.45) is 23.4. The molecule has 0 bridgehead atoms. The van der Waals surface area contributed by atoms with Crippen LogP contribution in [0.5, 0.6) is 0 Å². The summed E-state index contributed by atoms with van der Waals surface area (Å²) < 4.78 is 0. The van der Waals surface area contributed by atoms with Crippen LogP contribution in [0.4, 0.5) is 11.4 Å². The Morgan fingerprint density at radius 1 is 0.636 bits per heavy atom. The molecule has 0 aliphatic carbocycles. The number of rotatable bonds is 19. The van der Waals surface area contributed by atoms with Crippen molar-refractivity contribution in [3.05, 3.63) is 23.8 Å². The summed E-state index contributed by atoms with van der Waals surface area (Å²) in [4.78, 5) is 22.7. The number of amides is 2. The first-order chi connectivity index (χ1) is 16.0. The number of imide groups is 1. The van der Waals surface area contributed by atoms with Gasteiger partial charge in [0.2, 0.25) is 11.8 Å². The molecule has 1 heterocycles. The molecule has 5 N–H and O–H groups in total. The van der Waals surface area contributed by atoms with Crippen LogP contribution in [0.2, 0.25) is 0 Å². The second-order valence-corrected chi connectivity index (χ2v) is 10.0. The van der Waals surface area contributed by atoms with E-state index in [2.05, 4.69) is 5.32 Å². The molecule has 1 aliphatic rings. The van der Waals surface area contributed by atoms with Gasteiger partial charge in [-0.15, -0.1) is 0 Å². The number of aryl methyl sites for hydroxylation is 1. The molecular weight excluding hydrogens is 410 g/mol. The van der Waals surface area contributed by atoms with Crippen molar-refractivity contribution in [3.8, 4) is 0 Å². The Hall–Kier alpha value is -2.04. The van der Waals surface area contributed by atoms with Crippen molar-refractivity contribution in [1.82, 2.24) is 5.32 Å². The third kappa shape index (κ3) is 12.7. The van der Waals surface area contributed by atoms with Crippen molar-refractivity contribution >= 4 is 23.2 Å². The minimum atomic E-state index is -0.0993. The number of nitrogen functional groups attached to an aromatic ring is 2. The average molecular weight is 458 g/mol. The molecule has 5 heteroatoms. The predicted octanol–water partition coefficient (Wildman–Crippen LogP) is 6.69. The van der Waals surface area contributed by atoms with E-state index in [0.717, 1.165) is 30.6 Å². The lowest BCUT2D eigenvalue weighted by Crippen LogP contribution is -2.21. The number of hydrogen-bond donors (Lipinski definition) is 3. The first-order valence-electron chi connectivity index (χ1n) is 13.5. The fourth-order valence-corrected chi connectivity index (χ4v) is 4.92. The number of hydrogen-bond acceptors (Lipinski definition) is 4. The maximum Gasteiger partial charge on any atom is 0.230 e. The van der Waals surface area contributed by atoms with Crippen molar-refractivity contribution in [2.75, 3.05) is 11.5 Å². The van der Waals surface area contributed by atoms with Crippen LogP contribution in [0, 0.1) is 5.92 Å². The quantitative estimate of drug-likeness (QED) is 0.122. The molecule has 1 aromatic carbocycles. The zero-order valence-corrected chi connectivity index (χ0v) is 20.7. The monoisotopic (exact) mass is 457 g/mol. The molecule has 1 unspecified atom stereocenters. The summed E-state index contributed by atoms with van der Waals surface area (Å²) >= 11 is 0. The van der Waals surface area contributed by atoms with Gasteiger partial charge in [-0.05, 0) is 43.0 Å². The molecule has 5 nitrogen and oxygen atoms in total. The SMILES string of the molecule is Nc1cc(N)cc(CCCCCCCCCCCCCCCCCCC2CC(=O)NC2=O)c1. The highest BCUT2D eigenvalue weighted by molar-refractivity contribution is 6.03. The maximum absolute atomic E-state index is 11.5. The zero-order valence-electron chi connectivity index (χ0n) is 20.7. The van der Waals surface area contributed by atoms with Gasteiger partial charge in [-0.1, -0.05) is 96.3 Å². The van der Waals surface area contributed by atoms with Crippen LogP contribution >= 0.6 is 0 Å². The minimum Gasteiger partial charge on any atom is -0.399 e. The Morgan fingerprint density at radius 2 is 1.06 bits per heavy atom. The summed E-state index contributed by atoms with van der Waals surface area (Å²) in [7, 11) is 0. The van der Waals surface area contributed by atoms with E-state index in [0.29, 0.717) is 6.42 Å². The van der Waals surface area contributed by atoms with Crippen molar-refractivity contribution in [1.29, 1.82) is 0 Å². The van der Waals surface area contributed by atoms with Crippen molar-refractivity contribution in [2.24, 2.45) is 5.92 Å². The van der Waals surface area contributed by atoms with E-state index in [1.54, 1.807) is 0 Å². The molecule has 1 saturated heterocycles. The van der Waals surface area contributed by atoms with Crippen molar-refractivity contribution in [3.63, 3.8) is 0 Å². The maximum atomic E-state index is 11.5. The van der Waals surface area contributed by atoms with Gasteiger partial charge in [-0.2, -0.15) is 0 Å². The molecule has 33 heavy (non-hydrogen) atoms. The minimum absolute atomic E-state index is 0.0576. The second-order valence-electron chi connectivity index (χ2n) is 10.0. The summed E-state index contributed by atoms with van der Waals surface area (Å²) in [5, 5.41) is 2.40. The van der Waals surface area contributed by atoms with E-state index < -0.39 is 0 Å². The van der Waals surface area contributed by atoms with E-state index in [9.17, 15) is 9.59 Å². The van der Waals surface area contributed by atoms with Gasteiger partial charge in [0, 0.05) is 23.7 Å². The highest BCUT2D eigenvalue weighted by atomic mass is 16.2. The average Bonchev–Trinajstić information content (AvgIpc) is 3.09. The number of anilines is 2. The van der Waals surface area contributed by atoms with E-state index in [-0.39, 0.29) is 17.7 Å². The fourth-order valence-electron chi connectivity index (χ4n) is 4.92. The van der Waals surface area contributed by atoms with Crippen LogP contribution in [0.25, 0.3) is 0 Å². The Balaban J connectivity index is 1.26. The third-order valence-corrected chi connectivity index (χ3v) is 6.87. The topological polar surface area (TPSA) is 98.2 Å². The van der Waals surface area contributed by atoms with Gasteiger partial charge in [0.15, 0.2) is 0 Å². The molecule has 2 rings (SSSR count). The van der Waals surface area contributed by atoms with Gasteiger partial charge in [0.1, 0.15) is 0 Å². The number of nitrogens with two attached hydrogens (primary N) is 2. The molecule has 1 fully saturated rings. The smallest absolute Gasteiger partial charge is 0.230 e. The predicted molar refractivity (Wildman–Crippen MR) is 139 cm³/mol. The first-order valence-corrected chi connectivity index (χ1v) is 13.5. The number of carbonyl (C=O) groups excluding carboxylic acids is 2. The molecule has 1 aliphatic heterocycles. The van der Waals surface area contributed by atoms with Crippen LogP contribution in [0.15, 0.2) is 18.2 Å². The Kier molecular flexibility index (Phi) is 13.6. The van der Waals surface area contributed by atoms with E-state index >= 15 is 0 Å². The third-order valence-electron chi connectivity index (χ3n) is 6.87. The van der Waals surface area contributed by atoms with Crippen LogP contribution in [0.1, 0.15) is 121 Å². The largest absolute Gasteiger partial charge is 0.399 e. The van der Waals surface area contributed by atoms with E-state index in [1.165, 1.54) is 102 Å². The van der Waals surface area contributed by atoms with Gasteiger partial charge in [0.05, 0.1) is 0 Å². The van der Waals surface area contributed by atoms with E-state index in [1.807, 2.05) is 18.2 Å². The Bertz CT molecular complexity index is 684. The fraction of sp³-hybridized carbons (Fsp3) is 0.714. The van der Waals surface area contributed by atoms with Crippen LogP contribution < -0.4 is 16.8 Å². The summed E-state index contributed by atoms with van der Waals surface area (Å²) in [5.41, 5.74) is 14.5.